The van der Waals surface area contributed by atoms with E-state index in [9.17, 15) is 4.39 Å². The minimum absolute atomic E-state index is 0.125. The van der Waals surface area contributed by atoms with Crippen molar-refractivity contribution in [1.29, 1.82) is 0 Å². The molecule has 108 valence electrons. The summed E-state index contributed by atoms with van der Waals surface area (Å²) < 4.78 is 23.9. The van der Waals surface area contributed by atoms with Crippen LogP contribution in [0.4, 0.5) is 4.39 Å². The van der Waals surface area contributed by atoms with Crippen molar-refractivity contribution in [2.24, 2.45) is 5.73 Å². The van der Waals surface area contributed by atoms with Crippen molar-refractivity contribution in [3.05, 3.63) is 46.3 Å². The van der Waals surface area contributed by atoms with Crippen molar-refractivity contribution >= 4 is 11.6 Å². The van der Waals surface area contributed by atoms with Gasteiger partial charge in [0.1, 0.15) is 5.82 Å². The number of halogens is 2. The van der Waals surface area contributed by atoms with Crippen LogP contribution in [-0.4, -0.2) is 23.4 Å². The van der Waals surface area contributed by atoms with Gasteiger partial charge in [0.25, 0.3) is 0 Å². The molecular weight excluding hydrogens is 285 g/mol. The Kier molecular flexibility index (Phi) is 5.05. The molecule has 0 aliphatic heterocycles. The predicted molar refractivity (Wildman–Crippen MR) is 71.9 cm³/mol. The molecule has 2 N–H and O–H groups in total. The third-order valence-electron chi connectivity index (χ3n) is 2.71. The van der Waals surface area contributed by atoms with Gasteiger partial charge in [-0.1, -0.05) is 22.8 Å². The molecule has 1 atom stereocenters. The van der Waals surface area contributed by atoms with Crippen LogP contribution in [0, 0.1) is 5.82 Å². The maximum atomic E-state index is 13.6. The quantitative estimate of drug-likeness (QED) is 0.887. The Balaban J connectivity index is 2.10. The van der Waals surface area contributed by atoms with Crippen LogP contribution in [0.2, 0.25) is 5.02 Å². The highest BCUT2D eigenvalue weighted by molar-refractivity contribution is 6.31. The minimum atomic E-state index is -0.469. The van der Waals surface area contributed by atoms with Crippen LogP contribution < -0.4 is 5.73 Å². The fourth-order valence-corrected chi connectivity index (χ4v) is 1.89. The van der Waals surface area contributed by atoms with Gasteiger partial charge >= 0.3 is 0 Å². The van der Waals surface area contributed by atoms with E-state index in [-0.39, 0.29) is 12.3 Å². The van der Waals surface area contributed by atoms with E-state index < -0.39 is 11.9 Å². The number of rotatable bonds is 6. The monoisotopic (exact) mass is 299 g/mol. The lowest BCUT2D eigenvalue weighted by Crippen LogP contribution is -2.18. The number of benzene rings is 1. The second-order valence-electron chi connectivity index (χ2n) is 4.19. The Morgan fingerprint density at radius 2 is 2.30 bits per heavy atom. The lowest BCUT2D eigenvalue weighted by Gasteiger charge is -2.05. The van der Waals surface area contributed by atoms with E-state index in [4.69, 9.17) is 26.6 Å². The number of nitrogens with zero attached hydrogens (tertiary/aromatic N) is 2. The topological polar surface area (TPSA) is 74.2 Å². The first kappa shape index (κ1) is 14.9. The summed E-state index contributed by atoms with van der Waals surface area (Å²) in [6.45, 7) is 2.73. The van der Waals surface area contributed by atoms with Crippen molar-refractivity contribution < 1.29 is 13.7 Å². The summed E-state index contributed by atoms with van der Waals surface area (Å²) in [6, 6.07) is 4.01. The molecule has 0 fully saturated rings. The zero-order valence-corrected chi connectivity index (χ0v) is 11.7. The molecular formula is C13H15ClFN3O2. The number of hydrogen-bond donors (Lipinski definition) is 1. The van der Waals surface area contributed by atoms with Crippen LogP contribution >= 0.6 is 11.6 Å². The average molecular weight is 300 g/mol. The molecule has 0 spiro atoms. The van der Waals surface area contributed by atoms with Gasteiger partial charge in [0.2, 0.25) is 5.89 Å². The molecule has 5 nitrogen and oxygen atoms in total. The minimum Gasteiger partial charge on any atom is -0.380 e. The lowest BCUT2D eigenvalue weighted by atomic mass is 10.1. The molecule has 1 aromatic carbocycles. The van der Waals surface area contributed by atoms with Crippen LogP contribution in [0.3, 0.4) is 0 Å². The van der Waals surface area contributed by atoms with Gasteiger partial charge in [-0.25, -0.2) is 4.39 Å². The molecule has 0 bridgehead atoms. The molecule has 1 heterocycles. The first-order valence-electron chi connectivity index (χ1n) is 6.20. The Morgan fingerprint density at radius 1 is 1.50 bits per heavy atom. The summed E-state index contributed by atoms with van der Waals surface area (Å²) in [6.07, 6.45) is 0.125. The normalized spacial score (nSPS) is 12.6. The zero-order valence-electron chi connectivity index (χ0n) is 11.0. The van der Waals surface area contributed by atoms with Crippen LogP contribution in [0.1, 0.15) is 30.2 Å². The molecule has 0 radical (unpaired) electrons. The molecule has 0 aliphatic rings. The predicted octanol–water partition coefficient (Wildman–Crippen LogP) is 2.49. The third-order valence-corrected chi connectivity index (χ3v) is 3.06. The SMILES string of the molecule is CCOCC(N)c1noc(Cc2c(F)cccc2Cl)n1. The molecule has 0 saturated carbocycles. The Morgan fingerprint density at radius 3 is 3.00 bits per heavy atom. The molecule has 2 aromatic rings. The maximum absolute atomic E-state index is 13.6. The van der Waals surface area contributed by atoms with Crippen molar-refractivity contribution in [2.75, 3.05) is 13.2 Å². The van der Waals surface area contributed by atoms with E-state index in [1.54, 1.807) is 12.1 Å². The highest BCUT2D eigenvalue weighted by atomic mass is 35.5. The first-order chi connectivity index (χ1) is 9.61. The first-order valence-corrected chi connectivity index (χ1v) is 6.58. The highest BCUT2D eigenvalue weighted by Crippen LogP contribution is 2.22. The second-order valence-corrected chi connectivity index (χ2v) is 4.60. The molecule has 1 unspecified atom stereocenters. The van der Waals surface area contributed by atoms with Crippen molar-refractivity contribution in [3.8, 4) is 0 Å². The average Bonchev–Trinajstić information content (AvgIpc) is 2.89. The summed E-state index contributed by atoms with van der Waals surface area (Å²) in [7, 11) is 0. The summed E-state index contributed by atoms with van der Waals surface area (Å²) in [5.74, 6) is 0.190. The van der Waals surface area contributed by atoms with Gasteiger partial charge in [-0.3, -0.25) is 0 Å². The van der Waals surface area contributed by atoms with Gasteiger partial charge in [-0.15, -0.1) is 0 Å². The van der Waals surface area contributed by atoms with E-state index in [1.165, 1.54) is 6.07 Å². The van der Waals surface area contributed by atoms with Crippen molar-refractivity contribution in [2.45, 2.75) is 19.4 Å². The van der Waals surface area contributed by atoms with E-state index >= 15 is 0 Å². The maximum Gasteiger partial charge on any atom is 0.231 e. The van der Waals surface area contributed by atoms with Crippen LogP contribution in [0.5, 0.6) is 0 Å². The number of hydrogen-bond acceptors (Lipinski definition) is 5. The fraction of sp³-hybridized carbons (Fsp3) is 0.385. The number of ether oxygens (including phenoxy) is 1. The summed E-state index contributed by atoms with van der Waals surface area (Å²) >= 11 is 5.94. The summed E-state index contributed by atoms with van der Waals surface area (Å²) in [5, 5.41) is 4.09. The Hall–Kier alpha value is -1.50. The van der Waals surface area contributed by atoms with Gasteiger partial charge in [-0.05, 0) is 19.1 Å². The van der Waals surface area contributed by atoms with Crippen LogP contribution in [0.25, 0.3) is 0 Å². The molecule has 7 heteroatoms. The number of nitrogens with two attached hydrogens (primary N) is 1. The Labute approximate surface area is 120 Å². The van der Waals surface area contributed by atoms with E-state index in [2.05, 4.69) is 10.1 Å². The van der Waals surface area contributed by atoms with E-state index in [0.29, 0.717) is 29.6 Å². The summed E-state index contributed by atoms with van der Waals surface area (Å²) in [4.78, 5) is 4.13. The lowest BCUT2D eigenvalue weighted by molar-refractivity contribution is 0.130. The standard InChI is InChI=1S/C13H15ClFN3O2/c1-2-19-7-11(16)13-17-12(20-18-13)6-8-9(14)4-3-5-10(8)15/h3-5,11H,2,6-7,16H2,1H3. The third kappa shape index (κ3) is 3.53. The smallest absolute Gasteiger partial charge is 0.231 e. The molecule has 2 rings (SSSR count). The van der Waals surface area contributed by atoms with Gasteiger partial charge in [-0.2, -0.15) is 4.98 Å². The van der Waals surface area contributed by atoms with Gasteiger partial charge in [0.15, 0.2) is 5.82 Å². The molecule has 1 aromatic heterocycles. The van der Waals surface area contributed by atoms with Crippen molar-refractivity contribution in [3.63, 3.8) is 0 Å². The summed E-state index contributed by atoms with van der Waals surface area (Å²) in [5.41, 5.74) is 6.16. The van der Waals surface area contributed by atoms with Gasteiger partial charge < -0.3 is 15.0 Å². The Bertz CT molecular complexity index is 556. The van der Waals surface area contributed by atoms with Gasteiger partial charge in [0.05, 0.1) is 19.1 Å². The second kappa shape index (κ2) is 6.78. The van der Waals surface area contributed by atoms with Gasteiger partial charge in [0, 0.05) is 17.2 Å². The van der Waals surface area contributed by atoms with Crippen molar-refractivity contribution in [1.82, 2.24) is 10.1 Å². The highest BCUT2D eigenvalue weighted by Gasteiger charge is 2.16. The zero-order chi connectivity index (χ0) is 14.5. The molecule has 0 aliphatic carbocycles. The molecule has 0 amide bonds. The number of aromatic nitrogens is 2. The van der Waals surface area contributed by atoms with E-state index in [0.717, 1.165) is 0 Å². The van der Waals surface area contributed by atoms with Crippen LogP contribution in [-0.2, 0) is 11.2 Å². The largest absolute Gasteiger partial charge is 0.380 e. The fourth-order valence-electron chi connectivity index (χ4n) is 1.66. The molecule has 0 saturated heterocycles. The van der Waals surface area contributed by atoms with Crippen LogP contribution in [0.15, 0.2) is 22.7 Å². The van der Waals surface area contributed by atoms with E-state index in [1.807, 2.05) is 6.92 Å². The molecule has 20 heavy (non-hydrogen) atoms.